The first-order valence-corrected chi connectivity index (χ1v) is 6.30. The van der Waals surface area contributed by atoms with Gasteiger partial charge in [0.1, 0.15) is 6.10 Å². The smallest absolute Gasteiger partial charge is 0.253 e. The summed E-state index contributed by atoms with van der Waals surface area (Å²) in [6.07, 6.45) is 1.04. The number of carbonyl (C=O) groups excluding carboxylic acids is 1. The van der Waals surface area contributed by atoms with Crippen LogP contribution in [0.5, 0.6) is 0 Å². The van der Waals surface area contributed by atoms with Gasteiger partial charge < -0.3 is 15.2 Å². The lowest BCUT2D eigenvalue weighted by Gasteiger charge is -2.12. The molecule has 3 unspecified atom stereocenters. The fourth-order valence-electron chi connectivity index (χ4n) is 2.06. The van der Waals surface area contributed by atoms with E-state index >= 15 is 0 Å². The van der Waals surface area contributed by atoms with Crippen molar-refractivity contribution in [2.45, 2.75) is 45.0 Å². The van der Waals surface area contributed by atoms with Gasteiger partial charge >= 0.3 is 0 Å². The third kappa shape index (κ3) is 3.09. The van der Waals surface area contributed by atoms with E-state index in [2.05, 4.69) is 5.32 Å². The molecular formula is C14H19NO3. The van der Waals surface area contributed by atoms with Crippen LogP contribution in [0.25, 0.3) is 0 Å². The molecule has 4 heteroatoms. The molecule has 1 amide bonds. The van der Waals surface area contributed by atoms with E-state index in [4.69, 9.17) is 4.74 Å². The van der Waals surface area contributed by atoms with E-state index in [1.54, 1.807) is 31.2 Å². The van der Waals surface area contributed by atoms with E-state index in [1.165, 1.54) is 0 Å². The Morgan fingerprint density at radius 1 is 1.39 bits per heavy atom. The highest BCUT2D eigenvalue weighted by Gasteiger charge is 2.28. The zero-order valence-electron chi connectivity index (χ0n) is 10.7. The van der Waals surface area contributed by atoms with Crippen LogP contribution in [0.15, 0.2) is 24.3 Å². The Labute approximate surface area is 107 Å². The number of benzene rings is 1. The maximum Gasteiger partial charge on any atom is 0.253 e. The minimum Gasteiger partial charge on any atom is -0.389 e. The van der Waals surface area contributed by atoms with Gasteiger partial charge in [0.25, 0.3) is 5.91 Å². The Balaban J connectivity index is 1.95. The number of hydrogen-bond acceptors (Lipinski definition) is 3. The SMILES string of the molecule is CC1CCC(C(=O)Nc2ccc(C(C)O)cc2)O1. The number of rotatable bonds is 3. The van der Waals surface area contributed by atoms with Crippen molar-refractivity contribution < 1.29 is 14.6 Å². The zero-order chi connectivity index (χ0) is 13.1. The van der Waals surface area contributed by atoms with Gasteiger partial charge in [-0.05, 0) is 44.4 Å². The molecular weight excluding hydrogens is 230 g/mol. The van der Waals surface area contributed by atoms with Gasteiger partial charge in [-0.25, -0.2) is 0 Å². The van der Waals surface area contributed by atoms with Crippen molar-refractivity contribution in [3.63, 3.8) is 0 Å². The third-order valence-electron chi connectivity index (χ3n) is 3.19. The molecule has 0 radical (unpaired) electrons. The normalized spacial score (nSPS) is 24.8. The molecule has 4 nitrogen and oxygen atoms in total. The van der Waals surface area contributed by atoms with Crippen LogP contribution in [0.2, 0.25) is 0 Å². The van der Waals surface area contributed by atoms with Crippen molar-refractivity contribution in [2.24, 2.45) is 0 Å². The average molecular weight is 249 g/mol. The highest BCUT2D eigenvalue weighted by molar-refractivity contribution is 5.94. The molecule has 1 heterocycles. The number of ether oxygens (including phenoxy) is 1. The van der Waals surface area contributed by atoms with Crippen LogP contribution in [0.4, 0.5) is 5.69 Å². The van der Waals surface area contributed by atoms with Crippen LogP contribution >= 0.6 is 0 Å². The second-order valence-corrected chi connectivity index (χ2v) is 4.80. The van der Waals surface area contributed by atoms with E-state index in [9.17, 15) is 9.90 Å². The number of aliphatic hydroxyl groups excluding tert-OH is 1. The summed E-state index contributed by atoms with van der Waals surface area (Å²) < 4.78 is 5.51. The van der Waals surface area contributed by atoms with Crippen LogP contribution < -0.4 is 5.32 Å². The minimum atomic E-state index is -0.492. The van der Waals surface area contributed by atoms with Gasteiger partial charge in [0.05, 0.1) is 12.2 Å². The topological polar surface area (TPSA) is 58.6 Å². The number of anilines is 1. The summed E-state index contributed by atoms with van der Waals surface area (Å²) in [7, 11) is 0. The van der Waals surface area contributed by atoms with Crippen molar-refractivity contribution in [3.8, 4) is 0 Å². The van der Waals surface area contributed by atoms with Crippen molar-refractivity contribution >= 4 is 11.6 Å². The van der Waals surface area contributed by atoms with Gasteiger partial charge in [-0.1, -0.05) is 12.1 Å². The molecule has 18 heavy (non-hydrogen) atoms. The maximum absolute atomic E-state index is 11.9. The number of hydrogen-bond donors (Lipinski definition) is 2. The van der Waals surface area contributed by atoms with Crippen molar-refractivity contribution in [3.05, 3.63) is 29.8 Å². The number of amides is 1. The quantitative estimate of drug-likeness (QED) is 0.863. The summed E-state index contributed by atoms with van der Waals surface area (Å²) in [4.78, 5) is 11.9. The Bertz CT molecular complexity index is 414. The first kappa shape index (κ1) is 13.1. The van der Waals surface area contributed by atoms with E-state index in [1.807, 2.05) is 6.92 Å². The van der Waals surface area contributed by atoms with Gasteiger partial charge in [0.15, 0.2) is 0 Å². The Morgan fingerprint density at radius 3 is 2.56 bits per heavy atom. The van der Waals surface area contributed by atoms with Gasteiger partial charge in [-0.15, -0.1) is 0 Å². The van der Waals surface area contributed by atoms with E-state index in [0.29, 0.717) is 0 Å². The van der Waals surface area contributed by atoms with Gasteiger partial charge in [0, 0.05) is 5.69 Å². The lowest BCUT2D eigenvalue weighted by atomic mass is 10.1. The van der Waals surface area contributed by atoms with Crippen LogP contribution in [-0.2, 0) is 9.53 Å². The largest absolute Gasteiger partial charge is 0.389 e. The van der Waals surface area contributed by atoms with Crippen LogP contribution in [0, 0.1) is 0 Å². The summed E-state index contributed by atoms with van der Waals surface area (Å²) >= 11 is 0. The average Bonchev–Trinajstić information content (AvgIpc) is 2.76. The minimum absolute atomic E-state index is 0.0934. The third-order valence-corrected chi connectivity index (χ3v) is 3.19. The molecule has 1 fully saturated rings. The van der Waals surface area contributed by atoms with Gasteiger partial charge in [0.2, 0.25) is 0 Å². The summed E-state index contributed by atoms with van der Waals surface area (Å²) in [5.41, 5.74) is 1.56. The standard InChI is InChI=1S/C14H19NO3/c1-9-3-8-13(18-9)14(17)15-12-6-4-11(5-7-12)10(2)16/h4-7,9-10,13,16H,3,8H2,1-2H3,(H,15,17). The second-order valence-electron chi connectivity index (χ2n) is 4.80. The van der Waals surface area contributed by atoms with Gasteiger partial charge in [-0.2, -0.15) is 0 Å². The van der Waals surface area contributed by atoms with E-state index in [0.717, 1.165) is 24.1 Å². The van der Waals surface area contributed by atoms with Crippen LogP contribution in [0.1, 0.15) is 38.4 Å². The lowest BCUT2D eigenvalue weighted by Crippen LogP contribution is -2.27. The molecule has 2 rings (SSSR count). The van der Waals surface area contributed by atoms with Gasteiger partial charge in [-0.3, -0.25) is 4.79 Å². The van der Waals surface area contributed by atoms with Crippen LogP contribution in [-0.4, -0.2) is 23.2 Å². The van der Waals surface area contributed by atoms with E-state index < -0.39 is 6.10 Å². The molecule has 0 spiro atoms. The molecule has 98 valence electrons. The van der Waals surface area contributed by atoms with Crippen molar-refractivity contribution in [1.29, 1.82) is 0 Å². The predicted octanol–water partition coefficient (Wildman–Crippen LogP) is 2.25. The Kier molecular flexibility index (Phi) is 3.99. The molecule has 1 aromatic rings. The number of nitrogens with one attached hydrogen (secondary N) is 1. The Hall–Kier alpha value is -1.39. The molecule has 0 saturated carbocycles. The highest BCUT2D eigenvalue weighted by Crippen LogP contribution is 2.21. The molecule has 0 aliphatic carbocycles. The number of carbonyl (C=O) groups is 1. The lowest BCUT2D eigenvalue weighted by molar-refractivity contribution is -0.126. The predicted molar refractivity (Wildman–Crippen MR) is 69.3 cm³/mol. The molecule has 1 aliphatic rings. The molecule has 0 aromatic heterocycles. The fourth-order valence-corrected chi connectivity index (χ4v) is 2.06. The molecule has 1 aliphatic heterocycles. The molecule has 0 bridgehead atoms. The highest BCUT2D eigenvalue weighted by atomic mass is 16.5. The van der Waals surface area contributed by atoms with Crippen molar-refractivity contribution in [2.75, 3.05) is 5.32 Å². The first-order chi connectivity index (χ1) is 8.56. The second kappa shape index (κ2) is 5.50. The Morgan fingerprint density at radius 2 is 2.06 bits per heavy atom. The molecule has 1 aromatic carbocycles. The summed E-state index contributed by atoms with van der Waals surface area (Å²) in [5.74, 6) is -0.0934. The zero-order valence-corrected chi connectivity index (χ0v) is 10.7. The van der Waals surface area contributed by atoms with Crippen LogP contribution in [0.3, 0.4) is 0 Å². The van der Waals surface area contributed by atoms with E-state index in [-0.39, 0.29) is 18.1 Å². The monoisotopic (exact) mass is 249 g/mol. The fraction of sp³-hybridized carbons (Fsp3) is 0.500. The number of aliphatic hydroxyl groups is 1. The molecule has 3 atom stereocenters. The van der Waals surface area contributed by atoms with Crippen molar-refractivity contribution in [1.82, 2.24) is 0 Å². The summed E-state index contributed by atoms with van der Waals surface area (Å²) in [6.45, 7) is 3.69. The maximum atomic E-state index is 11.9. The first-order valence-electron chi connectivity index (χ1n) is 6.30. The molecule has 2 N–H and O–H groups in total. The summed E-state index contributed by atoms with van der Waals surface area (Å²) in [6, 6.07) is 7.19. The summed E-state index contributed by atoms with van der Waals surface area (Å²) in [5, 5.41) is 12.2. The molecule has 1 saturated heterocycles.